The smallest absolute Gasteiger partial charge is 0.247 e. The lowest BCUT2D eigenvalue weighted by Crippen LogP contribution is -2.40. The van der Waals surface area contributed by atoms with Crippen LogP contribution in [0.5, 0.6) is 0 Å². The van der Waals surface area contributed by atoms with Crippen molar-refractivity contribution in [2.75, 3.05) is 6.67 Å². The fourth-order valence-corrected chi connectivity index (χ4v) is 1.16. The number of hydrogen-bond donors (Lipinski definition) is 0. The molecular weight excluding hydrogens is 239 g/mol. The second-order valence-electron chi connectivity index (χ2n) is 2.94. The maximum absolute atomic E-state index is 13.3. The SMILES string of the molecule is FC[C@@](F)(c1ccc(Cl)cc1)C(F)(F)F. The van der Waals surface area contributed by atoms with Crippen LogP contribution in [0, 0.1) is 0 Å². The Morgan fingerprint density at radius 2 is 1.47 bits per heavy atom. The minimum Gasteiger partial charge on any atom is -0.247 e. The molecule has 0 spiro atoms. The molecule has 84 valence electrons. The first kappa shape index (κ1) is 12.2. The van der Waals surface area contributed by atoms with Gasteiger partial charge in [0.2, 0.25) is 0 Å². The van der Waals surface area contributed by atoms with E-state index in [9.17, 15) is 22.0 Å². The number of rotatable bonds is 2. The van der Waals surface area contributed by atoms with Crippen LogP contribution in [-0.2, 0) is 5.67 Å². The van der Waals surface area contributed by atoms with E-state index in [0.29, 0.717) is 0 Å². The van der Waals surface area contributed by atoms with Crippen LogP contribution in [0.2, 0.25) is 5.02 Å². The largest absolute Gasteiger partial charge is 0.429 e. The second kappa shape index (κ2) is 3.96. The van der Waals surface area contributed by atoms with E-state index in [1.54, 1.807) is 0 Å². The van der Waals surface area contributed by atoms with Gasteiger partial charge in [-0.1, -0.05) is 23.7 Å². The maximum Gasteiger partial charge on any atom is 0.429 e. The molecule has 1 aromatic rings. The zero-order chi connectivity index (χ0) is 11.7. The van der Waals surface area contributed by atoms with Crippen LogP contribution in [0.25, 0.3) is 0 Å². The lowest BCUT2D eigenvalue weighted by Gasteiger charge is -2.25. The van der Waals surface area contributed by atoms with Gasteiger partial charge in [-0.15, -0.1) is 0 Å². The topological polar surface area (TPSA) is 0 Å². The third-order valence-electron chi connectivity index (χ3n) is 1.94. The Hall–Kier alpha value is -0.840. The molecule has 0 heterocycles. The molecule has 0 aliphatic rings. The van der Waals surface area contributed by atoms with Crippen LogP contribution >= 0.6 is 11.6 Å². The molecule has 0 aliphatic carbocycles. The van der Waals surface area contributed by atoms with Crippen LogP contribution in [-0.4, -0.2) is 12.9 Å². The van der Waals surface area contributed by atoms with E-state index < -0.39 is 24.1 Å². The highest BCUT2D eigenvalue weighted by molar-refractivity contribution is 6.30. The van der Waals surface area contributed by atoms with Crippen molar-refractivity contribution in [2.45, 2.75) is 11.8 Å². The summed E-state index contributed by atoms with van der Waals surface area (Å²) in [5.74, 6) is 0. The van der Waals surface area contributed by atoms with E-state index >= 15 is 0 Å². The van der Waals surface area contributed by atoms with Gasteiger partial charge in [0.25, 0.3) is 5.67 Å². The van der Waals surface area contributed by atoms with Crippen molar-refractivity contribution in [1.82, 2.24) is 0 Å². The summed E-state index contributed by atoms with van der Waals surface area (Å²) in [5, 5.41) is 0.155. The number of alkyl halides is 5. The van der Waals surface area contributed by atoms with Gasteiger partial charge in [0.1, 0.15) is 6.67 Å². The predicted molar refractivity (Wildman–Crippen MR) is 46.3 cm³/mol. The molecular formula is C9H6ClF5. The predicted octanol–water partition coefficient (Wildman–Crippen LogP) is 4.04. The van der Waals surface area contributed by atoms with Gasteiger partial charge in [-0.25, -0.2) is 8.78 Å². The van der Waals surface area contributed by atoms with Crippen LogP contribution in [0.3, 0.4) is 0 Å². The third-order valence-corrected chi connectivity index (χ3v) is 2.19. The summed E-state index contributed by atoms with van der Waals surface area (Å²) in [6.45, 7) is -2.15. The summed E-state index contributed by atoms with van der Waals surface area (Å²) >= 11 is 5.42. The highest BCUT2D eigenvalue weighted by Crippen LogP contribution is 2.43. The molecule has 6 heteroatoms. The fraction of sp³-hybridized carbons (Fsp3) is 0.333. The molecule has 0 aromatic heterocycles. The van der Waals surface area contributed by atoms with E-state index in [4.69, 9.17) is 11.6 Å². The number of halogens is 6. The summed E-state index contributed by atoms with van der Waals surface area (Å²) in [7, 11) is 0. The Morgan fingerprint density at radius 1 is 1.00 bits per heavy atom. The Kier molecular flexibility index (Phi) is 3.23. The van der Waals surface area contributed by atoms with Gasteiger partial charge in [-0.3, -0.25) is 0 Å². The van der Waals surface area contributed by atoms with E-state index in [2.05, 4.69) is 0 Å². The number of benzene rings is 1. The van der Waals surface area contributed by atoms with Crippen LogP contribution < -0.4 is 0 Å². The Morgan fingerprint density at radius 3 is 1.80 bits per heavy atom. The van der Waals surface area contributed by atoms with Crippen molar-refractivity contribution in [3.05, 3.63) is 34.9 Å². The van der Waals surface area contributed by atoms with Gasteiger partial charge in [-0.2, -0.15) is 13.2 Å². The first-order valence-corrected chi connectivity index (χ1v) is 4.27. The summed E-state index contributed by atoms with van der Waals surface area (Å²) in [6.07, 6.45) is -5.28. The van der Waals surface area contributed by atoms with Gasteiger partial charge >= 0.3 is 6.18 Å². The van der Waals surface area contributed by atoms with E-state index in [0.717, 1.165) is 24.3 Å². The van der Waals surface area contributed by atoms with Gasteiger partial charge in [0.05, 0.1) is 0 Å². The molecule has 0 saturated carbocycles. The van der Waals surface area contributed by atoms with E-state index in [1.165, 1.54) is 0 Å². The summed E-state index contributed by atoms with van der Waals surface area (Å²) < 4.78 is 62.3. The monoisotopic (exact) mass is 244 g/mol. The summed E-state index contributed by atoms with van der Waals surface area (Å²) in [6, 6.07) is 3.78. The van der Waals surface area contributed by atoms with Crippen molar-refractivity contribution < 1.29 is 22.0 Å². The Balaban J connectivity index is 3.18. The van der Waals surface area contributed by atoms with Crippen LogP contribution in [0.4, 0.5) is 22.0 Å². The van der Waals surface area contributed by atoms with Gasteiger partial charge in [-0.05, 0) is 12.1 Å². The minimum absolute atomic E-state index is 0.155. The van der Waals surface area contributed by atoms with Crippen LogP contribution in [0.1, 0.15) is 5.56 Å². The molecule has 0 fully saturated rings. The molecule has 15 heavy (non-hydrogen) atoms. The molecule has 1 rings (SSSR count). The molecule has 0 amide bonds. The van der Waals surface area contributed by atoms with Crippen molar-refractivity contribution in [3.63, 3.8) is 0 Å². The third kappa shape index (κ3) is 2.22. The molecule has 0 nitrogen and oxygen atoms in total. The van der Waals surface area contributed by atoms with Crippen molar-refractivity contribution in [3.8, 4) is 0 Å². The molecule has 0 N–H and O–H groups in total. The molecule has 0 bridgehead atoms. The first-order chi connectivity index (χ1) is 6.81. The molecule has 0 saturated heterocycles. The highest BCUT2D eigenvalue weighted by Gasteiger charge is 2.57. The normalized spacial score (nSPS) is 16.1. The van der Waals surface area contributed by atoms with Crippen LogP contribution in [0.15, 0.2) is 24.3 Å². The van der Waals surface area contributed by atoms with Crippen molar-refractivity contribution in [1.29, 1.82) is 0 Å². The van der Waals surface area contributed by atoms with Crippen molar-refractivity contribution >= 4 is 11.6 Å². The maximum atomic E-state index is 13.3. The molecule has 0 unspecified atom stereocenters. The number of hydrogen-bond acceptors (Lipinski definition) is 0. The van der Waals surface area contributed by atoms with E-state index in [-0.39, 0.29) is 5.02 Å². The average Bonchev–Trinajstić information content (AvgIpc) is 2.16. The molecule has 0 aliphatic heterocycles. The first-order valence-electron chi connectivity index (χ1n) is 3.89. The zero-order valence-corrected chi connectivity index (χ0v) is 8.04. The van der Waals surface area contributed by atoms with Gasteiger partial charge < -0.3 is 0 Å². The standard InChI is InChI=1S/C9H6ClF5/c10-7-3-1-6(2-4-7)8(12,5-11)9(13,14)15/h1-4H,5H2/t8-/m1/s1. The quantitative estimate of drug-likeness (QED) is 0.689. The van der Waals surface area contributed by atoms with Crippen molar-refractivity contribution in [2.24, 2.45) is 0 Å². The highest BCUT2D eigenvalue weighted by atomic mass is 35.5. The van der Waals surface area contributed by atoms with E-state index in [1.807, 2.05) is 0 Å². The second-order valence-corrected chi connectivity index (χ2v) is 3.38. The average molecular weight is 245 g/mol. The molecule has 1 atom stereocenters. The lowest BCUT2D eigenvalue weighted by atomic mass is 9.97. The zero-order valence-electron chi connectivity index (χ0n) is 7.28. The van der Waals surface area contributed by atoms with Gasteiger partial charge in [0.15, 0.2) is 0 Å². The minimum atomic E-state index is -5.28. The molecule has 0 radical (unpaired) electrons. The fourth-order valence-electron chi connectivity index (χ4n) is 1.03. The van der Waals surface area contributed by atoms with Gasteiger partial charge in [0, 0.05) is 10.6 Å². The Bertz CT molecular complexity index is 331. The lowest BCUT2D eigenvalue weighted by molar-refractivity contribution is -0.240. The molecule has 1 aromatic carbocycles. The summed E-state index contributed by atoms with van der Waals surface area (Å²) in [4.78, 5) is 0. The summed E-state index contributed by atoms with van der Waals surface area (Å²) in [5.41, 5.74) is -4.75. The Labute approximate surface area is 87.7 Å².